The van der Waals surface area contributed by atoms with Crippen molar-refractivity contribution in [3.8, 4) is 5.75 Å². The standard InChI is InChI=1S/C9H14N2O/c1-7-3-4-8(6-10)9(5-7)12-11-2/h3-5,11H,6,10H2,1-2H3. The zero-order valence-corrected chi connectivity index (χ0v) is 7.42. The van der Waals surface area contributed by atoms with Crippen molar-refractivity contribution in [2.45, 2.75) is 13.5 Å². The third kappa shape index (κ3) is 1.96. The number of hydrogen-bond donors (Lipinski definition) is 2. The molecular weight excluding hydrogens is 152 g/mol. The van der Waals surface area contributed by atoms with Crippen LogP contribution in [0.5, 0.6) is 5.75 Å². The van der Waals surface area contributed by atoms with Gasteiger partial charge in [-0.3, -0.25) is 0 Å². The predicted octanol–water partition coefficient (Wildman–Crippen LogP) is 0.967. The van der Waals surface area contributed by atoms with Crippen LogP contribution in [0.15, 0.2) is 18.2 Å². The largest absolute Gasteiger partial charge is 0.409 e. The van der Waals surface area contributed by atoms with E-state index in [1.807, 2.05) is 25.1 Å². The minimum Gasteiger partial charge on any atom is -0.409 e. The molecule has 0 radical (unpaired) electrons. The maximum Gasteiger partial charge on any atom is 0.151 e. The summed E-state index contributed by atoms with van der Waals surface area (Å²) < 4.78 is 0. The summed E-state index contributed by atoms with van der Waals surface area (Å²) in [6, 6.07) is 5.95. The molecule has 0 atom stereocenters. The van der Waals surface area contributed by atoms with Crippen molar-refractivity contribution in [3.63, 3.8) is 0 Å². The van der Waals surface area contributed by atoms with Gasteiger partial charge in [-0.2, -0.15) is 5.48 Å². The normalized spacial score (nSPS) is 9.92. The molecule has 1 aromatic rings. The van der Waals surface area contributed by atoms with E-state index >= 15 is 0 Å². The van der Waals surface area contributed by atoms with Gasteiger partial charge in [0.05, 0.1) is 0 Å². The molecule has 0 aliphatic rings. The van der Waals surface area contributed by atoms with Crippen molar-refractivity contribution in [1.82, 2.24) is 5.48 Å². The highest BCUT2D eigenvalue weighted by atomic mass is 16.6. The van der Waals surface area contributed by atoms with E-state index in [0.29, 0.717) is 6.54 Å². The summed E-state index contributed by atoms with van der Waals surface area (Å²) in [4.78, 5) is 5.18. The van der Waals surface area contributed by atoms with E-state index in [1.54, 1.807) is 7.05 Å². The van der Waals surface area contributed by atoms with Crippen LogP contribution in [0.1, 0.15) is 11.1 Å². The van der Waals surface area contributed by atoms with E-state index < -0.39 is 0 Å². The minimum absolute atomic E-state index is 0.497. The lowest BCUT2D eigenvalue weighted by Gasteiger charge is -2.08. The first-order valence-corrected chi connectivity index (χ1v) is 3.91. The Morgan fingerprint density at radius 2 is 2.25 bits per heavy atom. The molecule has 0 aromatic heterocycles. The Labute approximate surface area is 72.5 Å². The van der Waals surface area contributed by atoms with Crippen molar-refractivity contribution in [2.24, 2.45) is 5.73 Å². The molecular formula is C9H14N2O. The summed E-state index contributed by atoms with van der Waals surface area (Å²) in [6.07, 6.45) is 0. The second-order valence-corrected chi connectivity index (χ2v) is 2.62. The van der Waals surface area contributed by atoms with E-state index in [2.05, 4.69) is 5.48 Å². The lowest BCUT2D eigenvalue weighted by atomic mass is 10.1. The molecule has 1 rings (SSSR count). The monoisotopic (exact) mass is 166 g/mol. The Bertz CT molecular complexity index is 261. The molecule has 0 bridgehead atoms. The number of rotatable bonds is 3. The van der Waals surface area contributed by atoms with Crippen LogP contribution in [-0.4, -0.2) is 7.05 Å². The zero-order valence-electron chi connectivity index (χ0n) is 7.42. The quantitative estimate of drug-likeness (QED) is 0.658. The van der Waals surface area contributed by atoms with Gasteiger partial charge in [0.2, 0.25) is 0 Å². The van der Waals surface area contributed by atoms with E-state index in [1.165, 1.54) is 0 Å². The Morgan fingerprint density at radius 3 is 2.83 bits per heavy atom. The average Bonchev–Trinajstić information content (AvgIpc) is 2.05. The molecule has 0 aliphatic heterocycles. The van der Waals surface area contributed by atoms with Gasteiger partial charge < -0.3 is 10.6 Å². The summed E-state index contributed by atoms with van der Waals surface area (Å²) in [5.41, 5.74) is 10.3. The fraction of sp³-hybridized carbons (Fsp3) is 0.333. The topological polar surface area (TPSA) is 47.3 Å². The fourth-order valence-electron chi connectivity index (χ4n) is 1.04. The van der Waals surface area contributed by atoms with Crippen LogP contribution >= 0.6 is 0 Å². The molecule has 3 N–H and O–H groups in total. The predicted molar refractivity (Wildman–Crippen MR) is 48.8 cm³/mol. The summed E-state index contributed by atoms with van der Waals surface area (Å²) in [7, 11) is 1.72. The van der Waals surface area contributed by atoms with Crippen molar-refractivity contribution in [3.05, 3.63) is 29.3 Å². The number of hydroxylamine groups is 1. The molecule has 0 amide bonds. The number of nitrogens with one attached hydrogen (secondary N) is 1. The van der Waals surface area contributed by atoms with E-state index in [4.69, 9.17) is 10.6 Å². The van der Waals surface area contributed by atoms with Crippen molar-refractivity contribution < 1.29 is 4.84 Å². The van der Waals surface area contributed by atoms with Crippen LogP contribution < -0.4 is 16.1 Å². The first-order chi connectivity index (χ1) is 5.77. The van der Waals surface area contributed by atoms with Gasteiger partial charge in [-0.25, -0.2) is 0 Å². The second kappa shape index (κ2) is 4.09. The van der Waals surface area contributed by atoms with Crippen LogP contribution in [0, 0.1) is 6.92 Å². The fourth-order valence-corrected chi connectivity index (χ4v) is 1.04. The van der Waals surface area contributed by atoms with Crippen molar-refractivity contribution >= 4 is 0 Å². The number of aryl methyl sites for hydroxylation is 1. The van der Waals surface area contributed by atoms with Gasteiger partial charge in [0.15, 0.2) is 5.75 Å². The van der Waals surface area contributed by atoms with Crippen molar-refractivity contribution in [1.29, 1.82) is 0 Å². The Balaban J connectivity index is 2.95. The van der Waals surface area contributed by atoms with Gasteiger partial charge in [-0.15, -0.1) is 0 Å². The lowest BCUT2D eigenvalue weighted by Crippen LogP contribution is -2.13. The molecule has 0 unspecified atom stereocenters. The second-order valence-electron chi connectivity index (χ2n) is 2.62. The van der Waals surface area contributed by atoms with Gasteiger partial charge in [-0.1, -0.05) is 12.1 Å². The molecule has 0 heterocycles. The molecule has 3 nitrogen and oxygen atoms in total. The summed E-state index contributed by atoms with van der Waals surface area (Å²) in [5.74, 6) is 0.806. The molecule has 0 aliphatic carbocycles. The van der Waals surface area contributed by atoms with Crippen LogP contribution in [0.4, 0.5) is 0 Å². The van der Waals surface area contributed by atoms with E-state index in [0.717, 1.165) is 16.9 Å². The zero-order chi connectivity index (χ0) is 8.97. The third-order valence-electron chi connectivity index (χ3n) is 1.65. The Morgan fingerprint density at radius 1 is 1.50 bits per heavy atom. The average molecular weight is 166 g/mol. The van der Waals surface area contributed by atoms with Gasteiger partial charge in [-0.05, 0) is 18.6 Å². The van der Waals surface area contributed by atoms with Crippen LogP contribution in [-0.2, 0) is 6.54 Å². The Kier molecular flexibility index (Phi) is 3.08. The molecule has 3 heteroatoms. The van der Waals surface area contributed by atoms with Crippen LogP contribution in [0.25, 0.3) is 0 Å². The summed E-state index contributed by atoms with van der Waals surface area (Å²) >= 11 is 0. The molecule has 66 valence electrons. The Hall–Kier alpha value is -1.06. The van der Waals surface area contributed by atoms with E-state index in [9.17, 15) is 0 Å². The molecule has 0 saturated heterocycles. The molecule has 0 spiro atoms. The number of benzene rings is 1. The maximum absolute atomic E-state index is 5.52. The highest BCUT2D eigenvalue weighted by Gasteiger charge is 2.00. The summed E-state index contributed by atoms with van der Waals surface area (Å²) in [6.45, 7) is 2.51. The minimum atomic E-state index is 0.497. The van der Waals surface area contributed by atoms with Crippen LogP contribution in [0.2, 0.25) is 0 Å². The molecule has 1 aromatic carbocycles. The van der Waals surface area contributed by atoms with Gasteiger partial charge in [0, 0.05) is 19.2 Å². The van der Waals surface area contributed by atoms with Gasteiger partial charge >= 0.3 is 0 Å². The highest BCUT2D eigenvalue weighted by molar-refractivity contribution is 5.36. The lowest BCUT2D eigenvalue weighted by molar-refractivity contribution is 0.221. The molecule has 0 fully saturated rings. The first kappa shape index (κ1) is 9.03. The highest BCUT2D eigenvalue weighted by Crippen LogP contribution is 2.18. The van der Waals surface area contributed by atoms with Gasteiger partial charge in [0.1, 0.15) is 0 Å². The van der Waals surface area contributed by atoms with Crippen LogP contribution in [0.3, 0.4) is 0 Å². The number of nitrogens with two attached hydrogens (primary N) is 1. The SMILES string of the molecule is CNOc1cc(C)ccc1CN. The smallest absolute Gasteiger partial charge is 0.151 e. The molecule has 12 heavy (non-hydrogen) atoms. The first-order valence-electron chi connectivity index (χ1n) is 3.91. The summed E-state index contributed by atoms with van der Waals surface area (Å²) in [5, 5.41) is 0. The van der Waals surface area contributed by atoms with E-state index in [-0.39, 0.29) is 0 Å². The molecule has 0 saturated carbocycles. The van der Waals surface area contributed by atoms with Crippen molar-refractivity contribution in [2.75, 3.05) is 7.05 Å². The third-order valence-corrected chi connectivity index (χ3v) is 1.65. The van der Waals surface area contributed by atoms with Gasteiger partial charge in [0.25, 0.3) is 0 Å². The maximum atomic E-state index is 5.52. The number of hydrogen-bond acceptors (Lipinski definition) is 3.